The molecule has 0 aromatic heterocycles. The fraction of sp³-hybridized carbons (Fsp3) is 0.500. The SMILES string of the molecule is CCOC(=O)CNC(=O)N1CC2OC(=O)N(Cc3ccccc3OC)C2C1. The lowest BCUT2D eigenvalue weighted by atomic mass is 10.1. The standard InChI is InChI=1S/C18H23N3O6/c1-3-26-16(22)8-19-17(23)20-10-13-15(11-20)27-18(24)21(13)9-12-6-4-5-7-14(12)25-2/h4-7,13,15H,3,8-11H2,1-2H3,(H,19,23). The maximum atomic E-state index is 12.3. The zero-order chi connectivity index (χ0) is 19.4. The number of urea groups is 1. The fourth-order valence-corrected chi connectivity index (χ4v) is 3.34. The van der Waals surface area contributed by atoms with Gasteiger partial charge in [-0.05, 0) is 13.0 Å². The van der Waals surface area contributed by atoms with Gasteiger partial charge in [-0.15, -0.1) is 0 Å². The van der Waals surface area contributed by atoms with Gasteiger partial charge in [0.25, 0.3) is 0 Å². The van der Waals surface area contributed by atoms with Gasteiger partial charge < -0.3 is 24.4 Å². The van der Waals surface area contributed by atoms with Crippen LogP contribution in [0.3, 0.4) is 0 Å². The van der Waals surface area contributed by atoms with Crippen LogP contribution in [0.4, 0.5) is 9.59 Å². The third kappa shape index (κ3) is 4.07. The van der Waals surface area contributed by atoms with Gasteiger partial charge >= 0.3 is 18.1 Å². The molecule has 2 heterocycles. The third-order valence-corrected chi connectivity index (χ3v) is 4.63. The van der Waals surface area contributed by atoms with Gasteiger partial charge in [-0.25, -0.2) is 9.59 Å². The van der Waals surface area contributed by atoms with E-state index in [2.05, 4.69) is 5.32 Å². The molecule has 2 fully saturated rings. The number of rotatable bonds is 6. The molecule has 3 amide bonds. The fourth-order valence-electron chi connectivity index (χ4n) is 3.34. The first-order chi connectivity index (χ1) is 13.0. The summed E-state index contributed by atoms with van der Waals surface area (Å²) in [6, 6.07) is 6.83. The zero-order valence-electron chi connectivity index (χ0n) is 15.3. The second kappa shape index (κ2) is 8.15. The molecule has 0 spiro atoms. The summed E-state index contributed by atoms with van der Waals surface area (Å²) in [4.78, 5) is 39.0. The van der Waals surface area contributed by atoms with Crippen LogP contribution in [0.15, 0.2) is 24.3 Å². The molecule has 2 unspecified atom stereocenters. The Morgan fingerprint density at radius 1 is 1.30 bits per heavy atom. The molecule has 1 N–H and O–H groups in total. The van der Waals surface area contributed by atoms with E-state index in [4.69, 9.17) is 14.2 Å². The van der Waals surface area contributed by atoms with Crippen LogP contribution in [0.25, 0.3) is 0 Å². The highest BCUT2D eigenvalue weighted by Gasteiger charge is 2.49. The number of ether oxygens (including phenoxy) is 3. The number of methoxy groups -OCH3 is 1. The molecule has 2 atom stereocenters. The maximum absolute atomic E-state index is 12.3. The van der Waals surface area contributed by atoms with Crippen LogP contribution >= 0.6 is 0 Å². The lowest BCUT2D eigenvalue weighted by Gasteiger charge is -2.23. The highest BCUT2D eigenvalue weighted by Crippen LogP contribution is 2.30. The number of para-hydroxylation sites is 1. The molecule has 9 nitrogen and oxygen atoms in total. The predicted molar refractivity (Wildman–Crippen MR) is 94.2 cm³/mol. The summed E-state index contributed by atoms with van der Waals surface area (Å²) in [5.41, 5.74) is 0.864. The van der Waals surface area contributed by atoms with Crippen molar-refractivity contribution >= 4 is 18.1 Å². The molecular formula is C18H23N3O6. The minimum Gasteiger partial charge on any atom is -0.496 e. The van der Waals surface area contributed by atoms with Crippen LogP contribution in [0.1, 0.15) is 12.5 Å². The molecule has 1 aromatic carbocycles. The van der Waals surface area contributed by atoms with Gasteiger partial charge in [0.1, 0.15) is 18.4 Å². The number of hydrogen-bond acceptors (Lipinski definition) is 6. The van der Waals surface area contributed by atoms with Crippen molar-refractivity contribution in [2.45, 2.75) is 25.6 Å². The van der Waals surface area contributed by atoms with E-state index in [9.17, 15) is 14.4 Å². The van der Waals surface area contributed by atoms with Crippen molar-refractivity contribution in [2.75, 3.05) is 33.4 Å². The average molecular weight is 377 g/mol. The van der Waals surface area contributed by atoms with Gasteiger partial charge in [0, 0.05) is 12.1 Å². The van der Waals surface area contributed by atoms with E-state index in [1.54, 1.807) is 18.9 Å². The Kier molecular flexibility index (Phi) is 5.68. The molecule has 27 heavy (non-hydrogen) atoms. The van der Waals surface area contributed by atoms with Crippen LogP contribution in [0.5, 0.6) is 5.75 Å². The highest BCUT2D eigenvalue weighted by atomic mass is 16.6. The van der Waals surface area contributed by atoms with Gasteiger partial charge in [-0.2, -0.15) is 0 Å². The van der Waals surface area contributed by atoms with Crippen molar-refractivity contribution in [3.8, 4) is 5.75 Å². The molecule has 0 aliphatic carbocycles. The first-order valence-corrected chi connectivity index (χ1v) is 8.81. The Balaban J connectivity index is 1.61. The van der Waals surface area contributed by atoms with E-state index in [1.165, 1.54) is 4.90 Å². The number of nitrogens with one attached hydrogen (secondary N) is 1. The number of carbonyl (C=O) groups is 3. The third-order valence-electron chi connectivity index (χ3n) is 4.63. The summed E-state index contributed by atoms with van der Waals surface area (Å²) in [5, 5.41) is 2.53. The second-order valence-corrected chi connectivity index (χ2v) is 6.30. The van der Waals surface area contributed by atoms with E-state index in [1.807, 2.05) is 24.3 Å². The van der Waals surface area contributed by atoms with Crippen LogP contribution in [-0.2, 0) is 20.8 Å². The highest BCUT2D eigenvalue weighted by molar-refractivity contribution is 5.81. The maximum Gasteiger partial charge on any atom is 0.410 e. The molecule has 9 heteroatoms. The summed E-state index contributed by atoms with van der Waals surface area (Å²) in [5.74, 6) is 0.199. The van der Waals surface area contributed by atoms with Crippen molar-refractivity contribution < 1.29 is 28.6 Å². The Morgan fingerprint density at radius 3 is 2.81 bits per heavy atom. The molecule has 146 valence electrons. The van der Waals surface area contributed by atoms with Crippen LogP contribution < -0.4 is 10.1 Å². The molecular weight excluding hydrogens is 354 g/mol. The Bertz CT molecular complexity index is 725. The van der Waals surface area contributed by atoms with E-state index in [0.717, 1.165) is 5.56 Å². The topological polar surface area (TPSA) is 97.4 Å². The van der Waals surface area contributed by atoms with Crippen LogP contribution in [-0.4, -0.2) is 73.4 Å². The number of carbonyl (C=O) groups excluding carboxylic acids is 3. The zero-order valence-corrected chi connectivity index (χ0v) is 15.3. The Morgan fingerprint density at radius 2 is 2.07 bits per heavy atom. The van der Waals surface area contributed by atoms with Crippen molar-refractivity contribution in [3.63, 3.8) is 0 Å². The largest absolute Gasteiger partial charge is 0.496 e. The van der Waals surface area contributed by atoms with E-state index >= 15 is 0 Å². The number of esters is 1. The van der Waals surface area contributed by atoms with E-state index in [0.29, 0.717) is 18.8 Å². The average Bonchev–Trinajstić information content (AvgIpc) is 3.19. The number of hydrogen-bond donors (Lipinski definition) is 1. The smallest absolute Gasteiger partial charge is 0.410 e. The summed E-state index contributed by atoms with van der Waals surface area (Å²) in [6.07, 6.45) is -0.789. The molecule has 3 rings (SSSR count). The van der Waals surface area contributed by atoms with E-state index < -0.39 is 12.1 Å². The van der Waals surface area contributed by atoms with Gasteiger partial charge in [0.2, 0.25) is 0 Å². The number of likely N-dealkylation sites (tertiary alicyclic amines) is 1. The molecule has 0 saturated carbocycles. The van der Waals surface area contributed by atoms with Crippen molar-refractivity contribution in [1.29, 1.82) is 0 Å². The van der Waals surface area contributed by atoms with Gasteiger partial charge in [0.15, 0.2) is 0 Å². The van der Waals surface area contributed by atoms with Gasteiger partial charge in [0.05, 0.1) is 32.8 Å². The first-order valence-electron chi connectivity index (χ1n) is 8.81. The van der Waals surface area contributed by atoms with Gasteiger partial charge in [-0.3, -0.25) is 9.69 Å². The molecule has 1 aromatic rings. The quantitative estimate of drug-likeness (QED) is 0.742. The Hall–Kier alpha value is -2.97. The Labute approximate surface area is 157 Å². The molecule has 2 aliphatic heterocycles. The number of fused-ring (bicyclic) bond motifs is 1. The second-order valence-electron chi connectivity index (χ2n) is 6.30. The minimum absolute atomic E-state index is 0.191. The monoisotopic (exact) mass is 377 g/mol. The lowest BCUT2D eigenvalue weighted by Crippen LogP contribution is -2.44. The first kappa shape index (κ1) is 18.8. The number of benzene rings is 1. The molecule has 2 aliphatic rings. The van der Waals surface area contributed by atoms with Crippen molar-refractivity contribution in [1.82, 2.24) is 15.1 Å². The predicted octanol–water partition coefficient (Wildman–Crippen LogP) is 0.973. The summed E-state index contributed by atoms with van der Waals surface area (Å²) >= 11 is 0. The summed E-state index contributed by atoms with van der Waals surface area (Å²) < 4.78 is 15.5. The number of amides is 3. The van der Waals surface area contributed by atoms with E-state index in [-0.39, 0.29) is 37.9 Å². The van der Waals surface area contributed by atoms with Crippen molar-refractivity contribution in [3.05, 3.63) is 29.8 Å². The van der Waals surface area contributed by atoms with Crippen LogP contribution in [0, 0.1) is 0 Å². The van der Waals surface area contributed by atoms with Crippen molar-refractivity contribution in [2.24, 2.45) is 0 Å². The molecule has 0 bridgehead atoms. The molecule has 0 radical (unpaired) electrons. The van der Waals surface area contributed by atoms with Crippen LogP contribution in [0.2, 0.25) is 0 Å². The minimum atomic E-state index is -0.491. The summed E-state index contributed by atoms with van der Waals surface area (Å²) in [6.45, 7) is 2.72. The normalized spacial score (nSPS) is 20.9. The lowest BCUT2D eigenvalue weighted by molar-refractivity contribution is -0.141. The molecule has 2 saturated heterocycles. The van der Waals surface area contributed by atoms with Gasteiger partial charge in [-0.1, -0.05) is 18.2 Å². The summed E-state index contributed by atoms with van der Waals surface area (Å²) in [7, 11) is 1.58. The number of nitrogens with zero attached hydrogens (tertiary/aromatic N) is 2.